The van der Waals surface area contributed by atoms with Crippen molar-refractivity contribution in [3.63, 3.8) is 0 Å². The summed E-state index contributed by atoms with van der Waals surface area (Å²) in [6.07, 6.45) is 0. The maximum Gasteiger partial charge on any atom is 0.198 e. The zero-order valence-electron chi connectivity index (χ0n) is 12.5. The van der Waals surface area contributed by atoms with E-state index in [9.17, 15) is 14.7 Å². The SMILES string of the molecule is COc1c(Cl)c(CO)c(OC)c2c1C(=O)c1ccccc1C2=O. The van der Waals surface area contributed by atoms with Crippen LogP contribution in [0.4, 0.5) is 0 Å². The van der Waals surface area contributed by atoms with E-state index in [1.807, 2.05) is 0 Å². The number of fused-ring (bicyclic) bond motifs is 2. The van der Waals surface area contributed by atoms with Crippen molar-refractivity contribution in [2.45, 2.75) is 6.61 Å². The van der Waals surface area contributed by atoms with E-state index in [-0.39, 0.29) is 55.9 Å². The average Bonchev–Trinajstić information content (AvgIpc) is 2.58. The van der Waals surface area contributed by atoms with Gasteiger partial charge in [0.2, 0.25) is 0 Å². The predicted octanol–water partition coefficient (Wildman–Crippen LogP) is 2.62. The summed E-state index contributed by atoms with van der Waals surface area (Å²) in [5.74, 6) is -0.561. The topological polar surface area (TPSA) is 72.8 Å². The second kappa shape index (κ2) is 5.68. The Labute approximate surface area is 137 Å². The highest BCUT2D eigenvalue weighted by Crippen LogP contribution is 2.46. The van der Waals surface area contributed by atoms with E-state index in [4.69, 9.17) is 21.1 Å². The number of aliphatic hydroxyl groups is 1. The standard InChI is InChI=1S/C17H13ClO5/c1-22-16-10(7-19)13(18)17(23-2)12-11(16)14(20)8-5-3-4-6-9(8)15(12)21/h3-6,19H,7H2,1-2H3. The van der Waals surface area contributed by atoms with Gasteiger partial charge >= 0.3 is 0 Å². The smallest absolute Gasteiger partial charge is 0.198 e. The lowest BCUT2D eigenvalue weighted by Gasteiger charge is -2.24. The summed E-state index contributed by atoms with van der Waals surface area (Å²) in [5, 5.41) is 9.64. The van der Waals surface area contributed by atoms with Crippen molar-refractivity contribution in [3.8, 4) is 11.5 Å². The molecule has 5 nitrogen and oxygen atoms in total. The summed E-state index contributed by atoms with van der Waals surface area (Å²) in [6, 6.07) is 6.53. The molecule has 0 aliphatic heterocycles. The molecule has 1 aliphatic rings. The molecule has 2 aromatic carbocycles. The number of hydrogen-bond donors (Lipinski definition) is 1. The first kappa shape index (κ1) is 15.5. The molecule has 3 rings (SSSR count). The Morgan fingerprint density at radius 3 is 1.87 bits per heavy atom. The molecule has 1 aliphatic carbocycles. The number of hydrogen-bond acceptors (Lipinski definition) is 5. The average molecular weight is 333 g/mol. The van der Waals surface area contributed by atoms with E-state index in [1.54, 1.807) is 24.3 Å². The molecule has 0 saturated heterocycles. The third-order valence-electron chi connectivity index (χ3n) is 3.88. The fourth-order valence-electron chi connectivity index (χ4n) is 2.86. The van der Waals surface area contributed by atoms with Crippen molar-refractivity contribution in [1.82, 2.24) is 0 Å². The van der Waals surface area contributed by atoms with Gasteiger partial charge in [-0.15, -0.1) is 0 Å². The molecule has 6 heteroatoms. The van der Waals surface area contributed by atoms with Gasteiger partial charge in [-0.25, -0.2) is 0 Å². The Hall–Kier alpha value is -2.37. The fourth-order valence-corrected chi connectivity index (χ4v) is 3.18. The van der Waals surface area contributed by atoms with E-state index < -0.39 is 6.61 Å². The first-order chi connectivity index (χ1) is 11.1. The minimum Gasteiger partial charge on any atom is -0.496 e. The molecule has 0 amide bonds. The summed E-state index contributed by atoms with van der Waals surface area (Å²) in [6.45, 7) is -0.450. The highest BCUT2D eigenvalue weighted by atomic mass is 35.5. The summed E-state index contributed by atoms with van der Waals surface area (Å²) in [4.78, 5) is 25.7. The molecule has 118 valence electrons. The minimum absolute atomic E-state index is 0.0612. The van der Waals surface area contributed by atoms with Crippen molar-refractivity contribution in [2.24, 2.45) is 0 Å². The summed E-state index contributed by atoms with van der Waals surface area (Å²) < 4.78 is 10.5. The highest BCUT2D eigenvalue weighted by molar-refractivity contribution is 6.37. The molecule has 0 spiro atoms. The van der Waals surface area contributed by atoms with Gasteiger partial charge in [-0.3, -0.25) is 9.59 Å². The van der Waals surface area contributed by atoms with Crippen LogP contribution in [0.3, 0.4) is 0 Å². The number of methoxy groups -OCH3 is 2. The largest absolute Gasteiger partial charge is 0.496 e. The monoisotopic (exact) mass is 332 g/mol. The van der Waals surface area contributed by atoms with Crippen molar-refractivity contribution in [1.29, 1.82) is 0 Å². The maximum atomic E-state index is 12.9. The third kappa shape index (κ3) is 2.04. The van der Waals surface area contributed by atoms with Crippen LogP contribution in [-0.2, 0) is 6.61 Å². The van der Waals surface area contributed by atoms with Crippen LogP contribution in [0, 0.1) is 0 Å². The molecule has 0 atom stereocenters. The molecule has 0 aromatic heterocycles. The van der Waals surface area contributed by atoms with Gasteiger partial charge in [0.15, 0.2) is 11.6 Å². The van der Waals surface area contributed by atoms with Crippen LogP contribution in [0.5, 0.6) is 11.5 Å². The number of halogens is 1. The van der Waals surface area contributed by atoms with Gasteiger partial charge in [0.05, 0.1) is 37.0 Å². The third-order valence-corrected chi connectivity index (χ3v) is 4.28. The van der Waals surface area contributed by atoms with Crippen molar-refractivity contribution in [2.75, 3.05) is 14.2 Å². The second-order valence-electron chi connectivity index (χ2n) is 4.97. The number of carbonyl (C=O) groups is 2. The Bertz CT molecular complexity index is 841. The van der Waals surface area contributed by atoms with Gasteiger partial charge in [-0.05, 0) is 0 Å². The van der Waals surface area contributed by atoms with Crippen LogP contribution < -0.4 is 9.47 Å². The molecule has 1 N–H and O–H groups in total. The zero-order valence-corrected chi connectivity index (χ0v) is 13.2. The lowest BCUT2D eigenvalue weighted by molar-refractivity contribution is 0.0973. The summed E-state index contributed by atoms with van der Waals surface area (Å²) in [5.41, 5.74) is 0.928. The van der Waals surface area contributed by atoms with Gasteiger partial charge in [-0.2, -0.15) is 0 Å². The Morgan fingerprint density at radius 1 is 0.957 bits per heavy atom. The molecular formula is C17H13ClO5. The van der Waals surface area contributed by atoms with E-state index in [0.717, 1.165) is 0 Å². The number of ether oxygens (including phenoxy) is 2. The molecule has 0 radical (unpaired) electrons. The first-order valence-electron chi connectivity index (χ1n) is 6.82. The Kier molecular flexibility index (Phi) is 3.83. The number of carbonyl (C=O) groups excluding carboxylic acids is 2. The lowest BCUT2D eigenvalue weighted by Crippen LogP contribution is -2.23. The van der Waals surface area contributed by atoms with Crippen LogP contribution in [0.1, 0.15) is 37.4 Å². The van der Waals surface area contributed by atoms with Crippen molar-refractivity contribution >= 4 is 23.2 Å². The van der Waals surface area contributed by atoms with Crippen molar-refractivity contribution in [3.05, 3.63) is 57.1 Å². The van der Waals surface area contributed by atoms with Crippen LogP contribution in [0.25, 0.3) is 0 Å². The predicted molar refractivity (Wildman–Crippen MR) is 83.8 cm³/mol. The van der Waals surface area contributed by atoms with Crippen LogP contribution >= 0.6 is 11.6 Å². The highest BCUT2D eigenvalue weighted by Gasteiger charge is 2.38. The second-order valence-corrected chi connectivity index (χ2v) is 5.35. The van der Waals surface area contributed by atoms with E-state index in [0.29, 0.717) is 0 Å². The molecule has 2 aromatic rings. The number of aliphatic hydroxyl groups excluding tert-OH is 1. The van der Waals surface area contributed by atoms with Crippen LogP contribution in [0.15, 0.2) is 24.3 Å². The Morgan fingerprint density at radius 2 is 1.43 bits per heavy atom. The van der Waals surface area contributed by atoms with Gasteiger partial charge in [0.25, 0.3) is 0 Å². The molecule has 0 unspecified atom stereocenters. The van der Waals surface area contributed by atoms with Gasteiger partial charge in [0.1, 0.15) is 11.5 Å². The van der Waals surface area contributed by atoms with E-state index in [1.165, 1.54) is 14.2 Å². The molecule has 0 fully saturated rings. The van der Waals surface area contributed by atoms with Gasteiger partial charge in [0, 0.05) is 16.7 Å². The van der Waals surface area contributed by atoms with Crippen molar-refractivity contribution < 1.29 is 24.2 Å². The van der Waals surface area contributed by atoms with Gasteiger partial charge < -0.3 is 14.6 Å². The number of ketones is 2. The molecule has 0 saturated carbocycles. The quantitative estimate of drug-likeness (QED) is 0.798. The maximum absolute atomic E-state index is 12.9. The molecule has 0 heterocycles. The molecular weight excluding hydrogens is 320 g/mol. The normalized spacial score (nSPS) is 12.7. The van der Waals surface area contributed by atoms with Crippen LogP contribution in [-0.4, -0.2) is 30.9 Å². The molecule has 23 heavy (non-hydrogen) atoms. The number of benzene rings is 2. The zero-order chi connectivity index (χ0) is 16.7. The van der Waals surface area contributed by atoms with E-state index >= 15 is 0 Å². The fraction of sp³-hybridized carbons (Fsp3) is 0.176. The minimum atomic E-state index is -0.450. The van der Waals surface area contributed by atoms with E-state index in [2.05, 4.69) is 0 Å². The summed E-state index contributed by atoms with van der Waals surface area (Å²) in [7, 11) is 2.71. The Balaban J connectivity index is 2.46. The van der Waals surface area contributed by atoms with Crippen LogP contribution in [0.2, 0.25) is 5.02 Å². The lowest BCUT2D eigenvalue weighted by atomic mass is 9.82. The summed E-state index contributed by atoms with van der Waals surface area (Å²) >= 11 is 6.24. The number of rotatable bonds is 3. The first-order valence-corrected chi connectivity index (χ1v) is 7.20. The van der Waals surface area contributed by atoms with Gasteiger partial charge in [-0.1, -0.05) is 35.9 Å². The molecule has 0 bridgehead atoms.